The lowest BCUT2D eigenvalue weighted by Crippen LogP contribution is -2.58. The summed E-state index contributed by atoms with van der Waals surface area (Å²) >= 11 is 0. The first-order chi connectivity index (χ1) is 12.0. The molecule has 2 nitrogen and oxygen atoms in total. The zero-order valence-corrected chi connectivity index (χ0v) is 15.0. The Balaban J connectivity index is 1.55. The summed E-state index contributed by atoms with van der Waals surface area (Å²) < 4.78 is 13.1. The largest absolute Gasteiger partial charge is 0.508 e. The van der Waals surface area contributed by atoms with E-state index in [0.717, 1.165) is 32.4 Å². The molecule has 1 aliphatic carbocycles. The molecule has 0 saturated carbocycles. The normalized spacial score (nSPS) is 28.6. The van der Waals surface area contributed by atoms with Gasteiger partial charge in [-0.3, -0.25) is 4.90 Å². The van der Waals surface area contributed by atoms with E-state index in [4.69, 9.17) is 0 Å². The minimum atomic E-state index is -0.168. The molecule has 0 spiro atoms. The van der Waals surface area contributed by atoms with Crippen molar-refractivity contribution in [3.8, 4) is 5.75 Å². The lowest BCUT2D eigenvalue weighted by Gasteiger charge is -2.54. The summed E-state index contributed by atoms with van der Waals surface area (Å²) in [4.78, 5) is 2.62. The number of nitrogens with zero attached hydrogens (tertiary/aromatic N) is 1. The molecule has 0 amide bonds. The molecule has 132 valence electrons. The summed E-state index contributed by atoms with van der Waals surface area (Å²) in [6, 6.07) is 13.3. The summed E-state index contributed by atoms with van der Waals surface area (Å²) in [6.45, 7) is 6.83. The molecule has 25 heavy (non-hydrogen) atoms. The van der Waals surface area contributed by atoms with Gasteiger partial charge in [0, 0.05) is 12.6 Å². The van der Waals surface area contributed by atoms with Crippen LogP contribution in [0.25, 0.3) is 0 Å². The minimum Gasteiger partial charge on any atom is -0.508 e. The van der Waals surface area contributed by atoms with Crippen molar-refractivity contribution < 1.29 is 9.50 Å². The van der Waals surface area contributed by atoms with E-state index in [9.17, 15) is 9.50 Å². The van der Waals surface area contributed by atoms with Crippen LogP contribution < -0.4 is 0 Å². The maximum Gasteiger partial charge on any atom is 0.123 e. The number of aromatic hydroxyl groups is 1. The number of benzene rings is 2. The monoisotopic (exact) mass is 339 g/mol. The van der Waals surface area contributed by atoms with Crippen LogP contribution in [-0.2, 0) is 18.3 Å². The Morgan fingerprint density at radius 1 is 1.20 bits per heavy atom. The van der Waals surface area contributed by atoms with Crippen LogP contribution in [0, 0.1) is 11.7 Å². The second-order valence-electron chi connectivity index (χ2n) is 7.98. The molecule has 0 radical (unpaired) electrons. The topological polar surface area (TPSA) is 23.5 Å². The van der Waals surface area contributed by atoms with Crippen molar-refractivity contribution in [2.24, 2.45) is 5.92 Å². The van der Waals surface area contributed by atoms with Gasteiger partial charge in [-0.05, 0) is 78.1 Å². The van der Waals surface area contributed by atoms with E-state index in [1.54, 1.807) is 12.1 Å². The fourth-order valence-electron chi connectivity index (χ4n) is 4.90. The molecule has 3 unspecified atom stereocenters. The summed E-state index contributed by atoms with van der Waals surface area (Å²) in [5.74, 6) is 0.770. The summed E-state index contributed by atoms with van der Waals surface area (Å²) in [5, 5.41) is 9.93. The van der Waals surface area contributed by atoms with Gasteiger partial charge in [-0.25, -0.2) is 4.39 Å². The second kappa shape index (κ2) is 6.14. The number of rotatable bonds is 3. The van der Waals surface area contributed by atoms with Crippen LogP contribution in [0.5, 0.6) is 5.75 Å². The molecular weight excluding hydrogens is 313 g/mol. The number of halogens is 1. The zero-order chi connectivity index (χ0) is 17.6. The highest BCUT2D eigenvalue weighted by Crippen LogP contribution is 2.49. The molecule has 1 aliphatic heterocycles. The molecule has 2 bridgehead atoms. The fraction of sp³-hybridized carbons (Fsp3) is 0.455. The first-order valence-corrected chi connectivity index (χ1v) is 9.28. The highest BCUT2D eigenvalue weighted by Gasteiger charge is 2.48. The molecule has 2 aliphatic rings. The van der Waals surface area contributed by atoms with Gasteiger partial charge in [0.25, 0.3) is 0 Å². The van der Waals surface area contributed by atoms with E-state index in [2.05, 4.69) is 24.8 Å². The second-order valence-corrected chi connectivity index (χ2v) is 7.98. The molecule has 1 heterocycles. The number of likely N-dealkylation sites (tertiary alicyclic amines) is 1. The Bertz CT molecular complexity index is 772. The van der Waals surface area contributed by atoms with Gasteiger partial charge in [0.2, 0.25) is 0 Å². The highest BCUT2D eigenvalue weighted by atomic mass is 19.1. The van der Waals surface area contributed by atoms with Crippen LogP contribution in [0.3, 0.4) is 0 Å². The third-order valence-electron chi connectivity index (χ3n) is 6.71. The smallest absolute Gasteiger partial charge is 0.123 e. The Labute approximate surface area is 149 Å². The molecule has 2 aromatic rings. The molecule has 2 aromatic carbocycles. The Morgan fingerprint density at radius 2 is 1.96 bits per heavy atom. The Hall–Kier alpha value is -1.87. The predicted molar refractivity (Wildman–Crippen MR) is 98.4 cm³/mol. The predicted octanol–water partition coefficient (Wildman–Crippen LogP) is 4.30. The summed E-state index contributed by atoms with van der Waals surface area (Å²) in [5.41, 5.74) is 4.07. The van der Waals surface area contributed by atoms with Crippen LogP contribution >= 0.6 is 0 Å². The first-order valence-electron chi connectivity index (χ1n) is 9.28. The maximum absolute atomic E-state index is 13.1. The van der Waals surface area contributed by atoms with Gasteiger partial charge in [0.1, 0.15) is 11.6 Å². The van der Waals surface area contributed by atoms with Gasteiger partial charge in [-0.15, -0.1) is 0 Å². The van der Waals surface area contributed by atoms with E-state index in [1.165, 1.54) is 16.7 Å². The molecule has 1 fully saturated rings. The minimum absolute atomic E-state index is 0.142. The van der Waals surface area contributed by atoms with E-state index >= 15 is 0 Å². The van der Waals surface area contributed by atoms with Gasteiger partial charge < -0.3 is 5.11 Å². The molecule has 3 atom stereocenters. The van der Waals surface area contributed by atoms with Crippen molar-refractivity contribution in [1.29, 1.82) is 0 Å². The van der Waals surface area contributed by atoms with E-state index in [-0.39, 0.29) is 11.2 Å². The highest BCUT2D eigenvalue weighted by molar-refractivity contribution is 5.44. The van der Waals surface area contributed by atoms with Gasteiger partial charge in [-0.1, -0.05) is 32.0 Å². The molecule has 3 heteroatoms. The zero-order valence-electron chi connectivity index (χ0n) is 15.0. The van der Waals surface area contributed by atoms with Crippen molar-refractivity contribution in [3.05, 3.63) is 65.0 Å². The first kappa shape index (κ1) is 16.6. The van der Waals surface area contributed by atoms with Crippen LogP contribution in [0.4, 0.5) is 4.39 Å². The van der Waals surface area contributed by atoms with Crippen LogP contribution in [0.15, 0.2) is 42.5 Å². The Kier molecular flexibility index (Phi) is 4.07. The molecule has 4 rings (SSSR count). The van der Waals surface area contributed by atoms with Crippen LogP contribution in [0.2, 0.25) is 0 Å². The van der Waals surface area contributed by atoms with Crippen molar-refractivity contribution >= 4 is 0 Å². The quantitative estimate of drug-likeness (QED) is 0.901. The average molecular weight is 339 g/mol. The maximum atomic E-state index is 13.1. The SMILES string of the molecule is CC1C2Cc3ccc(O)cc3C1(C)CCN2CCc1ccc(F)cc1. The van der Waals surface area contributed by atoms with Gasteiger partial charge in [0.15, 0.2) is 0 Å². The lowest BCUT2D eigenvalue weighted by molar-refractivity contribution is 0.0322. The molecular formula is C22H26FNO. The standard InChI is InChI=1S/C22H26FNO/c1-15-21-13-17-5-8-19(25)14-20(17)22(15,2)10-12-24(21)11-9-16-3-6-18(23)7-4-16/h3-8,14-15,21,25H,9-13H2,1-2H3. The number of hydrogen-bond acceptors (Lipinski definition) is 2. The van der Waals surface area contributed by atoms with Gasteiger partial charge in [0.05, 0.1) is 0 Å². The van der Waals surface area contributed by atoms with E-state index in [0.29, 0.717) is 17.7 Å². The van der Waals surface area contributed by atoms with Crippen molar-refractivity contribution in [3.63, 3.8) is 0 Å². The number of hydrogen-bond donors (Lipinski definition) is 1. The number of phenolic OH excluding ortho intramolecular Hbond substituents is 1. The molecule has 1 N–H and O–H groups in total. The number of phenols is 1. The average Bonchev–Trinajstić information content (AvgIpc) is 2.60. The Morgan fingerprint density at radius 3 is 2.72 bits per heavy atom. The fourth-order valence-corrected chi connectivity index (χ4v) is 4.90. The molecule has 1 saturated heterocycles. The lowest BCUT2D eigenvalue weighted by atomic mass is 9.59. The summed E-state index contributed by atoms with van der Waals surface area (Å²) in [7, 11) is 0. The van der Waals surface area contributed by atoms with Crippen molar-refractivity contribution in [2.45, 2.75) is 44.6 Å². The third kappa shape index (κ3) is 2.85. The van der Waals surface area contributed by atoms with E-state index < -0.39 is 0 Å². The van der Waals surface area contributed by atoms with Crippen LogP contribution in [0.1, 0.15) is 37.0 Å². The van der Waals surface area contributed by atoms with Crippen LogP contribution in [-0.4, -0.2) is 29.1 Å². The number of fused-ring (bicyclic) bond motifs is 4. The van der Waals surface area contributed by atoms with Crippen molar-refractivity contribution in [2.75, 3.05) is 13.1 Å². The summed E-state index contributed by atoms with van der Waals surface area (Å²) in [6.07, 6.45) is 3.13. The van der Waals surface area contributed by atoms with E-state index in [1.807, 2.05) is 24.3 Å². The number of piperidine rings is 1. The van der Waals surface area contributed by atoms with Gasteiger partial charge in [-0.2, -0.15) is 0 Å². The van der Waals surface area contributed by atoms with Gasteiger partial charge >= 0.3 is 0 Å². The van der Waals surface area contributed by atoms with Crippen molar-refractivity contribution in [1.82, 2.24) is 4.90 Å². The molecule has 0 aromatic heterocycles. The third-order valence-corrected chi connectivity index (χ3v) is 6.71.